The number of nitrogens with one attached hydrogen (secondary N) is 1. The number of primary amides is 1. The van der Waals surface area contributed by atoms with Crippen molar-refractivity contribution in [2.24, 2.45) is 5.73 Å². The molecule has 0 radical (unpaired) electrons. The van der Waals surface area contributed by atoms with E-state index < -0.39 is 11.7 Å². The minimum absolute atomic E-state index is 0.00944. The summed E-state index contributed by atoms with van der Waals surface area (Å²) in [5, 5.41) is 16.0. The third-order valence-corrected chi connectivity index (χ3v) is 2.46. The fourth-order valence-electron chi connectivity index (χ4n) is 1.57. The van der Waals surface area contributed by atoms with Gasteiger partial charge in [0.2, 0.25) is 5.91 Å². The first-order valence-electron chi connectivity index (χ1n) is 5.56. The van der Waals surface area contributed by atoms with Crippen molar-refractivity contribution in [1.29, 1.82) is 0 Å². The number of phenols is 1. The van der Waals surface area contributed by atoms with Crippen molar-refractivity contribution < 1.29 is 14.3 Å². The van der Waals surface area contributed by atoms with Gasteiger partial charge in [-0.05, 0) is 17.7 Å². The maximum Gasteiger partial charge on any atom is 0.239 e. The van der Waals surface area contributed by atoms with E-state index in [0.29, 0.717) is 17.8 Å². The zero-order valence-electron chi connectivity index (χ0n) is 10.0. The van der Waals surface area contributed by atoms with Crippen LogP contribution < -0.4 is 11.1 Å². The fraction of sp³-hybridized carbons (Fsp3) is 0.167. The number of amides is 1. The highest BCUT2D eigenvalue weighted by atomic mass is 19.1. The van der Waals surface area contributed by atoms with Gasteiger partial charge < -0.3 is 16.2 Å². The molecular weight excluding hydrogens is 251 g/mol. The summed E-state index contributed by atoms with van der Waals surface area (Å²) in [6.45, 7) is 0.384. The van der Waals surface area contributed by atoms with Gasteiger partial charge in [-0.15, -0.1) is 0 Å². The van der Waals surface area contributed by atoms with E-state index in [0.717, 1.165) is 0 Å². The van der Waals surface area contributed by atoms with E-state index >= 15 is 0 Å². The van der Waals surface area contributed by atoms with Gasteiger partial charge in [-0.25, -0.2) is 4.39 Å². The Bertz CT molecular complexity index is 597. The molecule has 0 aliphatic rings. The molecule has 19 heavy (non-hydrogen) atoms. The molecule has 2 rings (SSSR count). The highest BCUT2D eigenvalue weighted by Crippen LogP contribution is 2.17. The van der Waals surface area contributed by atoms with E-state index in [1.165, 1.54) is 16.8 Å². The van der Waals surface area contributed by atoms with Crippen LogP contribution in [-0.4, -0.2) is 20.8 Å². The number of benzene rings is 1. The molecule has 100 valence electrons. The van der Waals surface area contributed by atoms with Crippen molar-refractivity contribution in [3.63, 3.8) is 0 Å². The van der Waals surface area contributed by atoms with Gasteiger partial charge in [0.15, 0.2) is 11.6 Å². The van der Waals surface area contributed by atoms with E-state index in [1.54, 1.807) is 18.5 Å². The molecule has 0 bridgehead atoms. The summed E-state index contributed by atoms with van der Waals surface area (Å²) in [5.74, 6) is -1.52. The number of carbonyl (C=O) groups is 1. The summed E-state index contributed by atoms with van der Waals surface area (Å²) in [5.41, 5.74) is 6.41. The SMILES string of the molecule is NC(=O)Cn1cc(NCc2ccc(O)c(F)c2)cn1. The monoisotopic (exact) mass is 264 g/mol. The molecule has 0 saturated carbocycles. The van der Waals surface area contributed by atoms with Crippen molar-refractivity contribution in [2.45, 2.75) is 13.1 Å². The van der Waals surface area contributed by atoms with Crippen LogP contribution in [0.5, 0.6) is 5.75 Å². The molecule has 2 aromatic rings. The number of carbonyl (C=O) groups excluding carboxylic acids is 1. The molecule has 1 amide bonds. The lowest BCUT2D eigenvalue weighted by molar-refractivity contribution is -0.118. The van der Waals surface area contributed by atoms with Crippen LogP contribution in [0.2, 0.25) is 0 Å². The average molecular weight is 264 g/mol. The molecule has 0 unspecified atom stereocenters. The number of nitrogens with zero attached hydrogens (tertiary/aromatic N) is 2. The summed E-state index contributed by atoms with van der Waals surface area (Å²) < 4.78 is 14.5. The van der Waals surface area contributed by atoms with Crippen LogP contribution >= 0.6 is 0 Å². The number of hydrogen-bond acceptors (Lipinski definition) is 4. The smallest absolute Gasteiger partial charge is 0.239 e. The summed E-state index contributed by atoms with van der Waals surface area (Å²) in [7, 11) is 0. The van der Waals surface area contributed by atoms with Gasteiger partial charge in [0.05, 0.1) is 11.9 Å². The number of phenolic OH excluding ortho intramolecular Hbond substituents is 1. The number of rotatable bonds is 5. The van der Waals surface area contributed by atoms with E-state index in [2.05, 4.69) is 10.4 Å². The van der Waals surface area contributed by atoms with Gasteiger partial charge in [-0.2, -0.15) is 5.10 Å². The maximum atomic E-state index is 13.1. The van der Waals surface area contributed by atoms with E-state index in [-0.39, 0.29) is 12.3 Å². The van der Waals surface area contributed by atoms with Crippen molar-refractivity contribution in [3.05, 3.63) is 42.0 Å². The van der Waals surface area contributed by atoms with Crippen molar-refractivity contribution >= 4 is 11.6 Å². The second-order valence-electron chi connectivity index (χ2n) is 4.03. The van der Waals surface area contributed by atoms with E-state index in [1.807, 2.05) is 0 Å². The van der Waals surface area contributed by atoms with Gasteiger partial charge in [-0.1, -0.05) is 6.07 Å². The standard InChI is InChI=1S/C12H13FN4O2/c13-10-3-8(1-2-11(10)18)4-15-9-5-16-17(6-9)7-12(14)19/h1-3,5-6,15,18H,4,7H2,(H2,14,19). The molecule has 7 heteroatoms. The van der Waals surface area contributed by atoms with Crippen LogP contribution in [0, 0.1) is 5.82 Å². The van der Waals surface area contributed by atoms with Gasteiger partial charge in [0.1, 0.15) is 6.54 Å². The van der Waals surface area contributed by atoms with Gasteiger partial charge in [-0.3, -0.25) is 9.48 Å². The topological polar surface area (TPSA) is 93.2 Å². The molecule has 0 saturated heterocycles. The zero-order valence-corrected chi connectivity index (χ0v) is 10.0. The molecular formula is C12H13FN4O2. The number of halogens is 1. The molecule has 0 aliphatic carbocycles. The van der Waals surface area contributed by atoms with Crippen molar-refractivity contribution in [2.75, 3.05) is 5.32 Å². The highest BCUT2D eigenvalue weighted by Gasteiger charge is 2.03. The Morgan fingerprint density at radius 1 is 1.53 bits per heavy atom. The number of anilines is 1. The van der Waals surface area contributed by atoms with E-state index in [9.17, 15) is 9.18 Å². The maximum absolute atomic E-state index is 13.1. The second kappa shape index (κ2) is 5.38. The Balaban J connectivity index is 1.96. The Hall–Kier alpha value is -2.57. The predicted octanol–water partition coefficient (Wildman–Crippen LogP) is 0.825. The number of aromatic nitrogens is 2. The van der Waals surface area contributed by atoms with Crippen LogP contribution in [0.3, 0.4) is 0 Å². The number of nitrogens with two attached hydrogens (primary N) is 1. The van der Waals surface area contributed by atoms with Gasteiger partial charge in [0, 0.05) is 12.7 Å². The van der Waals surface area contributed by atoms with E-state index in [4.69, 9.17) is 10.8 Å². The largest absolute Gasteiger partial charge is 0.505 e. The van der Waals surface area contributed by atoms with Crippen LogP contribution in [-0.2, 0) is 17.9 Å². The minimum atomic E-state index is -0.663. The lowest BCUT2D eigenvalue weighted by Crippen LogP contribution is -2.18. The number of aromatic hydroxyl groups is 1. The first-order chi connectivity index (χ1) is 9.04. The lowest BCUT2D eigenvalue weighted by Gasteiger charge is -2.04. The molecule has 4 N–H and O–H groups in total. The Kier molecular flexibility index (Phi) is 3.65. The third kappa shape index (κ3) is 3.44. The van der Waals surface area contributed by atoms with Crippen LogP contribution in [0.15, 0.2) is 30.6 Å². The minimum Gasteiger partial charge on any atom is -0.505 e. The first-order valence-corrected chi connectivity index (χ1v) is 5.56. The van der Waals surface area contributed by atoms with Gasteiger partial charge in [0.25, 0.3) is 0 Å². The quantitative estimate of drug-likeness (QED) is 0.745. The molecule has 0 atom stereocenters. The van der Waals surface area contributed by atoms with Crippen LogP contribution in [0.1, 0.15) is 5.56 Å². The summed E-state index contributed by atoms with van der Waals surface area (Å²) in [6, 6.07) is 4.15. The third-order valence-electron chi connectivity index (χ3n) is 2.46. The molecule has 6 nitrogen and oxygen atoms in total. The van der Waals surface area contributed by atoms with Crippen LogP contribution in [0.25, 0.3) is 0 Å². The molecule has 0 spiro atoms. The van der Waals surface area contributed by atoms with Gasteiger partial charge >= 0.3 is 0 Å². The lowest BCUT2D eigenvalue weighted by atomic mass is 10.2. The van der Waals surface area contributed by atoms with Crippen molar-refractivity contribution in [1.82, 2.24) is 9.78 Å². The Morgan fingerprint density at radius 2 is 2.32 bits per heavy atom. The Labute approximate surface area is 108 Å². The molecule has 0 aliphatic heterocycles. The molecule has 1 heterocycles. The summed E-state index contributed by atoms with van der Waals surface area (Å²) in [6.07, 6.45) is 3.17. The Morgan fingerprint density at radius 3 is 3.00 bits per heavy atom. The van der Waals surface area contributed by atoms with Crippen molar-refractivity contribution in [3.8, 4) is 5.75 Å². The number of hydrogen-bond donors (Lipinski definition) is 3. The fourth-order valence-corrected chi connectivity index (χ4v) is 1.57. The highest BCUT2D eigenvalue weighted by molar-refractivity contribution is 5.73. The molecule has 1 aromatic heterocycles. The summed E-state index contributed by atoms with van der Waals surface area (Å²) >= 11 is 0. The summed E-state index contributed by atoms with van der Waals surface area (Å²) in [4.78, 5) is 10.7. The first kappa shape index (κ1) is 12.9. The molecule has 1 aromatic carbocycles. The normalized spacial score (nSPS) is 10.4. The molecule has 0 fully saturated rings. The van der Waals surface area contributed by atoms with Crippen LogP contribution in [0.4, 0.5) is 10.1 Å². The zero-order chi connectivity index (χ0) is 13.8. The average Bonchev–Trinajstić information content (AvgIpc) is 2.77. The second-order valence-corrected chi connectivity index (χ2v) is 4.03. The predicted molar refractivity (Wildman–Crippen MR) is 66.8 cm³/mol.